The fourth-order valence-electron chi connectivity index (χ4n) is 13.6. The van der Waals surface area contributed by atoms with Gasteiger partial charge in [0, 0.05) is 114 Å². The van der Waals surface area contributed by atoms with Crippen molar-refractivity contribution in [2.24, 2.45) is 0 Å². The van der Waals surface area contributed by atoms with Gasteiger partial charge in [0.25, 0.3) is 0 Å². The van der Waals surface area contributed by atoms with Gasteiger partial charge in [-0.2, -0.15) is 0 Å². The van der Waals surface area contributed by atoms with E-state index < -0.39 is 0 Å². The smallest absolute Gasteiger partial charge is 0.872 e. The maximum atomic E-state index is 13.7. The third-order valence-electron chi connectivity index (χ3n) is 19.0. The van der Waals surface area contributed by atoms with Crippen molar-refractivity contribution in [3.05, 3.63) is 173 Å². The van der Waals surface area contributed by atoms with E-state index in [1.54, 1.807) is 0 Å². The summed E-state index contributed by atoms with van der Waals surface area (Å²) >= 11 is 0. The molecule has 10 rings (SSSR count). The Morgan fingerprint density at radius 1 is 0.340 bits per heavy atom. The van der Waals surface area contributed by atoms with Crippen LogP contribution in [-0.2, 0) is 81.2 Å². The summed E-state index contributed by atoms with van der Waals surface area (Å²) in [7, 11) is 0. The standard InChI is InChI=1S/2C39H56N2O3.2C4H8O.Na.Yb/c2*1-25-15-28(34(42)31(18-25)37(4,5)6)21-40(22-29-16-26(2)19-32(35(29)43)38(7,8)9)13-14-41-23-30-17-27(3)20-33(39(10,11)12)36(30)44-24-41;2*1-2-4-5-3-1;;/h2*15-20,42-43H,13-14,21-24H2,1-12H3;2*1-4H2;;/q;;;;+1;+3/p-4. The summed E-state index contributed by atoms with van der Waals surface area (Å²) in [5.74, 6) is 2.47. The molecule has 100 heavy (non-hydrogen) atoms. The molecule has 0 N–H and O–H groups in total. The second-order valence-electron chi connectivity index (χ2n) is 35.0. The molecule has 0 amide bonds. The van der Waals surface area contributed by atoms with Gasteiger partial charge in [0.15, 0.2) is 0 Å². The van der Waals surface area contributed by atoms with Crippen LogP contribution in [0.15, 0.2) is 72.8 Å². The van der Waals surface area contributed by atoms with E-state index in [4.69, 9.17) is 18.9 Å². The van der Waals surface area contributed by atoms with Gasteiger partial charge in [0.05, 0.1) is 0 Å². The quantitative estimate of drug-likeness (QED) is 0.0958. The van der Waals surface area contributed by atoms with E-state index in [9.17, 15) is 20.4 Å². The van der Waals surface area contributed by atoms with Gasteiger partial charge in [-0.05, 0) is 144 Å². The van der Waals surface area contributed by atoms with Crippen molar-refractivity contribution in [1.29, 1.82) is 0 Å². The van der Waals surface area contributed by atoms with Gasteiger partial charge in [0.1, 0.15) is 25.0 Å². The average Bonchev–Trinajstić information content (AvgIpc) is 0.932. The number of benzene rings is 6. The monoisotopic (exact) mass is 1540 g/mol. The van der Waals surface area contributed by atoms with E-state index >= 15 is 0 Å². The van der Waals surface area contributed by atoms with Gasteiger partial charge >= 0.3 is 76.5 Å². The van der Waals surface area contributed by atoms with E-state index in [2.05, 4.69) is 210 Å². The molecule has 4 aliphatic heterocycles. The molecule has 2 saturated heterocycles. The number of aryl methyl sites for hydroxylation is 6. The Hall–Kier alpha value is -3.60. The van der Waals surface area contributed by atoms with Crippen LogP contribution in [0.2, 0.25) is 0 Å². The minimum Gasteiger partial charge on any atom is -0.872 e. The van der Waals surface area contributed by atoms with Crippen molar-refractivity contribution in [2.45, 2.75) is 264 Å². The normalized spacial score (nSPS) is 15.2. The summed E-state index contributed by atoms with van der Waals surface area (Å²) in [6, 6.07) is 25.2. The Balaban J connectivity index is 0.000000309. The molecule has 12 nitrogen and oxygen atoms in total. The zero-order valence-corrected chi connectivity index (χ0v) is 70.1. The van der Waals surface area contributed by atoms with Gasteiger partial charge in [-0.25, -0.2) is 0 Å². The van der Waals surface area contributed by atoms with Crippen LogP contribution in [0.1, 0.15) is 250 Å². The van der Waals surface area contributed by atoms with Crippen molar-refractivity contribution in [2.75, 3.05) is 66.1 Å². The molecule has 2 fully saturated rings. The maximum Gasteiger partial charge on any atom is 3.00 e. The summed E-state index contributed by atoms with van der Waals surface area (Å²) in [4.78, 5) is 9.20. The molecule has 0 spiro atoms. The third-order valence-corrected chi connectivity index (χ3v) is 19.0. The number of nitrogens with zero attached hydrogens (tertiary/aromatic N) is 4. The van der Waals surface area contributed by atoms with Crippen molar-refractivity contribution in [1.82, 2.24) is 19.6 Å². The van der Waals surface area contributed by atoms with Crippen LogP contribution in [0.25, 0.3) is 0 Å². The zero-order chi connectivity index (χ0) is 72.6. The number of hydrogen-bond donors (Lipinski definition) is 0. The van der Waals surface area contributed by atoms with E-state index in [0.29, 0.717) is 52.7 Å². The third kappa shape index (κ3) is 24.8. The molecular formula is C86H124N4NaO8Yb. The molecule has 551 valence electrons. The van der Waals surface area contributed by atoms with Gasteiger partial charge < -0.3 is 39.4 Å². The molecule has 0 saturated carbocycles. The largest absolute Gasteiger partial charge is 3.00 e. The molecule has 4 aliphatic rings. The Morgan fingerprint density at radius 2 is 0.560 bits per heavy atom. The maximum absolute atomic E-state index is 13.7. The first-order valence-electron chi connectivity index (χ1n) is 36.3. The Labute approximate surface area is 666 Å². The van der Waals surface area contributed by atoms with Crippen LogP contribution < -0.4 is 59.5 Å². The number of fused-ring (bicyclic) bond motifs is 2. The van der Waals surface area contributed by atoms with Crippen LogP contribution in [-0.4, -0.2) is 85.7 Å². The molecule has 0 aromatic heterocycles. The second-order valence-corrected chi connectivity index (χ2v) is 35.0. The van der Waals surface area contributed by atoms with Crippen LogP contribution >= 0.6 is 0 Å². The molecule has 0 aliphatic carbocycles. The first-order chi connectivity index (χ1) is 45.5. The Bertz CT molecular complexity index is 3270. The minimum absolute atomic E-state index is 0. The zero-order valence-electron chi connectivity index (χ0n) is 66.4. The molecule has 1 radical (unpaired) electrons. The summed E-state index contributed by atoms with van der Waals surface area (Å²) in [6.45, 7) is 62.6. The van der Waals surface area contributed by atoms with Gasteiger partial charge in [0.2, 0.25) is 0 Å². The summed E-state index contributed by atoms with van der Waals surface area (Å²) in [5.41, 5.74) is 17.3. The average molecular weight is 1540 g/mol. The summed E-state index contributed by atoms with van der Waals surface area (Å²) < 4.78 is 22.7. The van der Waals surface area contributed by atoms with E-state index in [1.165, 1.54) is 59.1 Å². The number of rotatable bonds is 14. The van der Waals surface area contributed by atoms with Gasteiger partial charge in [-0.1, -0.05) is 231 Å². The van der Waals surface area contributed by atoms with Crippen molar-refractivity contribution < 1.29 is 116 Å². The predicted octanol–water partition coefficient (Wildman–Crippen LogP) is 13.6. The van der Waals surface area contributed by atoms with Crippen molar-refractivity contribution in [3.8, 4) is 34.5 Å². The molecule has 0 bridgehead atoms. The fraction of sp³-hybridized carbons (Fsp3) is 0.581. The first kappa shape index (κ1) is 87.0. The molecule has 0 unspecified atom stereocenters. The van der Waals surface area contributed by atoms with Crippen LogP contribution in [0.3, 0.4) is 0 Å². The predicted molar refractivity (Wildman–Crippen MR) is 397 cm³/mol. The summed E-state index contributed by atoms with van der Waals surface area (Å²) in [6.07, 6.45) is 5.11. The number of hydrogen-bond acceptors (Lipinski definition) is 12. The molecule has 6 aromatic rings. The van der Waals surface area contributed by atoms with Crippen molar-refractivity contribution in [3.63, 3.8) is 0 Å². The topological polar surface area (TPSA) is 142 Å². The van der Waals surface area contributed by atoms with E-state index in [1.807, 2.05) is 48.5 Å². The van der Waals surface area contributed by atoms with Crippen LogP contribution in [0.4, 0.5) is 0 Å². The fourth-order valence-corrected chi connectivity index (χ4v) is 13.6. The van der Waals surface area contributed by atoms with E-state index in [0.717, 1.165) is 131 Å². The Kier molecular flexibility index (Phi) is 31.9. The minimum atomic E-state index is -0.244. The Morgan fingerprint density at radius 3 is 0.770 bits per heavy atom. The number of ether oxygens (including phenoxy) is 4. The van der Waals surface area contributed by atoms with Gasteiger partial charge in [-0.3, -0.25) is 19.6 Å². The van der Waals surface area contributed by atoms with E-state index in [-0.39, 0.29) is 132 Å². The summed E-state index contributed by atoms with van der Waals surface area (Å²) in [5, 5.41) is 54.9. The van der Waals surface area contributed by atoms with Crippen molar-refractivity contribution >= 4 is 0 Å². The molecule has 0 atom stereocenters. The van der Waals surface area contributed by atoms with Crippen LogP contribution in [0.5, 0.6) is 34.5 Å². The molecule has 6 aromatic carbocycles. The molecular weight excluding hydrogens is 1410 g/mol. The molecule has 14 heteroatoms. The van der Waals surface area contributed by atoms with Gasteiger partial charge in [-0.15, -0.1) is 23.0 Å². The SMILES string of the molecule is C1CCOC1.C1CCOC1.Cc1cc(CN(CCN2COc3c(cc(C)cc3C(C)(C)C)C2)Cc2cc(C)cc(C(C)(C)C)c2[O-])c([O-])c(C(C)(C)C)c1.Cc1cc(CN(CCN2COc3c(cc(C)cc3C(C)(C)C)C2)Cc2cc(C)cc(C(C)(C)C)c2[O-])c([O-])c(C(C)(C)C)c1.[Na+].[Yb+3]. The first-order valence-corrected chi connectivity index (χ1v) is 36.3. The second kappa shape index (κ2) is 36.6. The van der Waals surface area contributed by atoms with Crippen LogP contribution in [0, 0.1) is 88.5 Å². The molecule has 4 heterocycles.